The number of methoxy groups -OCH3 is 1. The van der Waals surface area contributed by atoms with Gasteiger partial charge in [-0.3, -0.25) is 0 Å². The zero-order chi connectivity index (χ0) is 15.1. The van der Waals surface area contributed by atoms with E-state index in [0.717, 1.165) is 13.0 Å². The van der Waals surface area contributed by atoms with Crippen LogP contribution in [0.15, 0.2) is 30.3 Å². The maximum absolute atomic E-state index is 11.8. The van der Waals surface area contributed by atoms with Crippen molar-refractivity contribution in [2.45, 2.75) is 32.0 Å². The van der Waals surface area contributed by atoms with E-state index in [4.69, 9.17) is 9.47 Å². The van der Waals surface area contributed by atoms with Crippen molar-refractivity contribution in [1.82, 2.24) is 10.2 Å². The Morgan fingerprint density at radius 2 is 2.14 bits per heavy atom. The van der Waals surface area contributed by atoms with Gasteiger partial charge in [0, 0.05) is 26.2 Å². The SMILES string of the molecule is CCOC(=O)N1CCC(NCc2ccccc2)C(OC)C1. The summed E-state index contributed by atoms with van der Waals surface area (Å²) in [6.45, 7) is 4.31. The van der Waals surface area contributed by atoms with Gasteiger partial charge in [-0.25, -0.2) is 4.79 Å². The van der Waals surface area contributed by atoms with E-state index in [1.54, 1.807) is 12.0 Å². The van der Waals surface area contributed by atoms with Crippen molar-refractivity contribution in [3.05, 3.63) is 35.9 Å². The number of piperidine rings is 1. The van der Waals surface area contributed by atoms with E-state index in [-0.39, 0.29) is 18.2 Å². The summed E-state index contributed by atoms with van der Waals surface area (Å²) in [5, 5.41) is 3.53. The van der Waals surface area contributed by atoms with Gasteiger partial charge in [0.15, 0.2) is 0 Å². The first-order valence-corrected chi connectivity index (χ1v) is 7.46. The molecule has 1 aromatic carbocycles. The van der Waals surface area contributed by atoms with Crippen LogP contribution < -0.4 is 5.32 Å². The largest absolute Gasteiger partial charge is 0.450 e. The molecule has 0 aliphatic carbocycles. The predicted molar refractivity (Wildman–Crippen MR) is 81.1 cm³/mol. The molecule has 2 atom stereocenters. The Bertz CT molecular complexity index is 438. The van der Waals surface area contributed by atoms with Crippen molar-refractivity contribution in [2.75, 3.05) is 26.8 Å². The minimum atomic E-state index is -0.249. The topological polar surface area (TPSA) is 50.8 Å². The minimum Gasteiger partial charge on any atom is -0.450 e. The predicted octanol–water partition coefficient (Wildman–Crippen LogP) is 2.02. The number of rotatable bonds is 5. The number of nitrogens with one attached hydrogen (secondary N) is 1. The Morgan fingerprint density at radius 1 is 1.38 bits per heavy atom. The molecule has 0 radical (unpaired) electrons. The van der Waals surface area contributed by atoms with E-state index in [1.807, 2.05) is 25.1 Å². The first-order chi connectivity index (χ1) is 10.2. The number of amides is 1. The first-order valence-electron chi connectivity index (χ1n) is 7.46. The first kappa shape index (κ1) is 15.8. The van der Waals surface area contributed by atoms with Gasteiger partial charge in [-0.15, -0.1) is 0 Å². The van der Waals surface area contributed by atoms with E-state index < -0.39 is 0 Å². The van der Waals surface area contributed by atoms with Crippen LogP contribution in [-0.4, -0.2) is 49.9 Å². The molecule has 1 aliphatic heterocycles. The van der Waals surface area contributed by atoms with Crippen molar-refractivity contribution >= 4 is 6.09 Å². The summed E-state index contributed by atoms with van der Waals surface area (Å²) in [5.41, 5.74) is 1.25. The quantitative estimate of drug-likeness (QED) is 0.902. The molecule has 21 heavy (non-hydrogen) atoms. The van der Waals surface area contributed by atoms with Crippen LogP contribution in [0.4, 0.5) is 4.79 Å². The maximum Gasteiger partial charge on any atom is 0.409 e. The highest BCUT2D eigenvalue weighted by Crippen LogP contribution is 2.15. The molecule has 5 heteroatoms. The molecular weight excluding hydrogens is 268 g/mol. The molecule has 1 amide bonds. The molecule has 1 heterocycles. The number of hydrogen-bond donors (Lipinski definition) is 1. The van der Waals surface area contributed by atoms with Gasteiger partial charge in [0.25, 0.3) is 0 Å². The third-order valence-electron chi connectivity index (χ3n) is 3.80. The van der Waals surface area contributed by atoms with Gasteiger partial charge in [-0.05, 0) is 18.9 Å². The van der Waals surface area contributed by atoms with Crippen LogP contribution in [0.5, 0.6) is 0 Å². The number of nitrogens with zero attached hydrogens (tertiary/aromatic N) is 1. The molecule has 1 aliphatic rings. The van der Waals surface area contributed by atoms with Crippen LogP contribution in [0.25, 0.3) is 0 Å². The fourth-order valence-corrected chi connectivity index (χ4v) is 2.61. The van der Waals surface area contributed by atoms with Crippen molar-refractivity contribution in [1.29, 1.82) is 0 Å². The van der Waals surface area contributed by atoms with Crippen LogP contribution >= 0.6 is 0 Å². The number of carbonyl (C=O) groups excluding carboxylic acids is 1. The Hall–Kier alpha value is -1.59. The maximum atomic E-state index is 11.8. The molecular formula is C16H24N2O3. The smallest absolute Gasteiger partial charge is 0.409 e. The van der Waals surface area contributed by atoms with Crippen LogP contribution in [0, 0.1) is 0 Å². The summed E-state index contributed by atoms with van der Waals surface area (Å²) in [4.78, 5) is 13.5. The van der Waals surface area contributed by atoms with Crippen molar-refractivity contribution in [2.24, 2.45) is 0 Å². The molecule has 1 N–H and O–H groups in total. The second-order valence-corrected chi connectivity index (χ2v) is 5.18. The van der Waals surface area contributed by atoms with Crippen LogP contribution in [0.1, 0.15) is 18.9 Å². The highest BCUT2D eigenvalue weighted by Gasteiger charge is 2.31. The average molecular weight is 292 g/mol. The third-order valence-corrected chi connectivity index (χ3v) is 3.80. The zero-order valence-corrected chi connectivity index (χ0v) is 12.7. The van der Waals surface area contributed by atoms with E-state index in [1.165, 1.54) is 5.56 Å². The number of hydrogen-bond acceptors (Lipinski definition) is 4. The summed E-state index contributed by atoms with van der Waals surface area (Å²) in [5.74, 6) is 0. The molecule has 0 aromatic heterocycles. The number of benzene rings is 1. The third kappa shape index (κ3) is 4.44. The van der Waals surface area contributed by atoms with Gasteiger partial charge in [0.2, 0.25) is 0 Å². The summed E-state index contributed by atoms with van der Waals surface area (Å²) in [6, 6.07) is 10.5. The molecule has 2 rings (SSSR count). The van der Waals surface area contributed by atoms with Gasteiger partial charge in [0.1, 0.15) is 0 Å². The molecule has 0 bridgehead atoms. The number of ether oxygens (including phenoxy) is 2. The second kappa shape index (κ2) is 8.00. The Balaban J connectivity index is 1.86. The normalized spacial score (nSPS) is 22.1. The van der Waals surface area contributed by atoms with E-state index >= 15 is 0 Å². The number of carbonyl (C=O) groups is 1. The highest BCUT2D eigenvalue weighted by atomic mass is 16.6. The lowest BCUT2D eigenvalue weighted by atomic mass is 10.0. The lowest BCUT2D eigenvalue weighted by molar-refractivity contribution is 0.00342. The standard InChI is InChI=1S/C16H24N2O3/c1-3-21-16(19)18-10-9-14(15(12-18)20-2)17-11-13-7-5-4-6-8-13/h4-8,14-15,17H,3,9-12H2,1-2H3. The molecule has 0 saturated carbocycles. The van der Waals surface area contributed by atoms with Gasteiger partial charge in [-0.2, -0.15) is 0 Å². The van der Waals surface area contributed by atoms with Crippen LogP contribution in [0.3, 0.4) is 0 Å². The van der Waals surface area contributed by atoms with Gasteiger partial charge in [0.05, 0.1) is 19.3 Å². The zero-order valence-electron chi connectivity index (χ0n) is 12.7. The summed E-state index contributed by atoms with van der Waals surface area (Å²) in [6.07, 6.45) is 0.609. The van der Waals surface area contributed by atoms with Crippen LogP contribution in [0.2, 0.25) is 0 Å². The second-order valence-electron chi connectivity index (χ2n) is 5.18. The van der Waals surface area contributed by atoms with Crippen molar-refractivity contribution in [3.8, 4) is 0 Å². The molecule has 2 unspecified atom stereocenters. The van der Waals surface area contributed by atoms with Crippen molar-refractivity contribution < 1.29 is 14.3 Å². The Morgan fingerprint density at radius 3 is 2.81 bits per heavy atom. The summed E-state index contributed by atoms with van der Waals surface area (Å²) in [7, 11) is 1.69. The van der Waals surface area contributed by atoms with Gasteiger partial charge in [-0.1, -0.05) is 30.3 Å². The van der Waals surface area contributed by atoms with E-state index in [0.29, 0.717) is 19.7 Å². The molecule has 116 valence electrons. The lowest BCUT2D eigenvalue weighted by Crippen LogP contribution is -2.54. The summed E-state index contributed by atoms with van der Waals surface area (Å²) >= 11 is 0. The monoisotopic (exact) mass is 292 g/mol. The summed E-state index contributed by atoms with van der Waals surface area (Å²) < 4.78 is 10.6. The lowest BCUT2D eigenvalue weighted by Gasteiger charge is -2.37. The Labute approximate surface area is 126 Å². The Kier molecular flexibility index (Phi) is 6.02. The van der Waals surface area contributed by atoms with E-state index in [9.17, 15) is 4.79 Å². The average Bonchev–Trinajstić information content (AvgIpc) is 2.54. The fourth-order valence-electron chi connectivity index (χ4n) is 2.61. The molecule has 1 fully saturated rings. The molecule has 5 nitrogen and oxygen atoms in total. The molecule has 0 spiro atoms. The van der Waals surface area contributed by atoms with Gasteiger partial charge < -0.3 is 19.7 Å². The van der Waals surface area contributed by atoms with E-state index in [2.05, 4.69) is 17.4 Å². The molecule has 1 aromatic rings. The van der Waals surface area contributed by atoms with Crippen LogP contribution in [-0.2, 0) is 16.0 Å². The minimum absolute atomic E-state index is 0.00753. The number of likely N-dealkylation sites (tertiary alicyclic amines) is 1. The molecule has 1 saturated heterocycles. The highest BCUT2D eigenvalue weighted by molar-refractivity contribution is 5.67. The van der Waals surface area contributed by atoms with Crippen molar-refractivity contribution in [3.63, 3.8) is 0 Å². The van der Waals surface area contributed by atoms with Gasteiger partial charge >= 0.3 is 6.09 Å². The fraction of sp³-hybridized carbons (Fsp3) is 0.562.